The Morgan fingerprint density at radius 2 is 1.17 bits per heavy atom. The van der Waals surface area contributed by atoms with Crippen molar-refractivity contribution in [3.8, 4) is 0 Å². The lowest BCUT2D eigenvalue weighted by molar-refractivity contribution is -0.375. The lowest BCUT2D eigenvalue weighted by Gasteiger charge is -2.71. The number of aliphatic hydroxyl groups is 11. The van der Waals surface area contributed by atoms with Crippen LogP contribution < -0.4 is 0 Å². The number of aliphatic hydroxyl groups excluding tert-OH is 11. The van der Waals surface area contributed by atoms with Gasteiger partial charge in [0.15, 0.2) is 18.9 Å². The van der Waals surface area contributed by atoms with Crippen LogP contribution in [0.2, 0.25) is 0 Å². The molecule has 18 nitrogen and oxygen atoms in total. The van der Waals surface area contributed by atoms with Gasteiger partial charge in [-0.25, -0.2) is 0 Å². The Balaban J connectivity index is 1.02. The van der Waals surface area contributed by atoms with E-state index in [0.29, 0.717) is 19.3 Å². The SMILES string of the molecule is CC1(C)O[C@](C)([C@H]2CC[C@]3(C)[C@@H]2[C@H](O)C[C@@H]2[C@@]4(C)CC[C@H](O[C@@H]5O[C@H](CO[C@@H]6OC[C@@H](O)[C@H](O)[C@H]6O)[C@@H](O)[C@H](O)[C@H]5O[C@@H]5OC[C@@H](O)[C@H](O)[C@H]5O)C(C)(C)[C@@H]4CC[C@]23C)C[C@H](O)[C@H]1O. The third-order valence-corrected chi connectivity index (χ3v) is 18.9. The van der Waals surface area contributed by atoms with Gasteiger partial charge in [0.05, 0.1) is 49.3 Å². The second kappa shape index (κ2) is 17.3. The topological polar surface area (TPSA) is 287 Å². The van der Waals surface area contributed by atoms with Gasteiger partial charge in [0, 0.05) is 6.42 Å². The first-order valence-corrected chi connectivity index (χ1v) is 23.7. The van der Waals surface area contributed by atoms with Gasteiger partial charge in [-0.15, -0.1) is 0 Å². The fourth-order valence-electron chi connectivity index (χ4n) is 15.2. The molecule has 0 aromatic heterocycles. The smallest absolute Gasteiger partial charge is 0.187 e. The van der Waals surface area contributed by atoms with Gasteiger partial charge in [-0.3, -0.25) is 0 Å². The van der Waals surface area contributed by atoms with Gasteiger partial charge in [-0.05, 0) is 111 Å². The summed E-state index contributed by atoms with van der Waals surface area (Å²) in [4.78, 5) is 0. The molecule has 11 N–H and O–H groups in total. The molecular formula is C46H78O18. The van der Waals surface area contributed by atoms with Crippen molar-refractivity contribution in [1.29, 1.82) is 0 Å². The minimum atomic E-state index is -1.71. The van der Waals surface area contributed by atoms with Gasteiger partial charge in [-0.1, -0.05) is 34.6 Å². The van der Waals surface area contributed by atoms with E-state index in [1.165, 1.54) is 0 Å². The molecule has 4 saturated carbocycles. The highest BCUT2D eigenvalue weighted by atomic mass is 16.8. The summed E-state index contributed by atoms with van der Waals surface area (Å²) in [6.07, 6.45) is -16.9. The summed E-state index contributed by atoms with van der Waals surface area (Å²) in [5.74, 6) is 0.189. The molecule has 4 heterocycles. The minimum absolute atomic E-state index is 0.0141. The first kappa shape index (κ1) is 49.7. The molecule has 0 amide bonds. The molecule has 64 heavy (non-hydrogen) atoms. The van der Waals surface area contributed by atoms with Crippen LogP contribution in [0.3, 0.4) is 0 Å². The Hall–Kier alpha value is -0.720. The molecule has 8 aliphatic rings. The second-order valence-electron chi connectivity index (χ2n) is 23.1. The van der Waals surface area contributed by atoms with Crippen LogP contribution >= 0.6 is 0 Å². The molecule has 4 aliphatic heterocycles. The zero-order chi connectivity index (χ0) is 46.9. The summed E-state index contributed by atoms with van der Waals surface area (Å²) in [5.41, 5.74) is -2.78. The summed E-state index contributed by atoms with van der Waals surface area (Å²) in [6, 6.07) is 0. The van der Waals surface area contributed by atoms with E-state index in [-0.39, 0.29) is 53.1 Å². The normalized spacial score (nSPS) is 57.3. The zero-order valence-corrected chi connectivity index (χ0v) is 38.7. The zero-order valence-electron chi connectivity index (χ0n) is 38.7. The third kappa shape index (κ3) is 7.86. The van der Waals surface area contributed by atoms with Crippen LogP contribution in [0.25, 0.3) is 0 Å². The first-order valence-electron chi connectivity index (χ1n) is 23.7. The summed E-state index contributed by atoms with van der Waals surface area (Å²) in [6.45, 7) is 16.1. The van der Waals surface area contributed by atoms with Crippen molar-refractivity contribution in [2.75, 3.05) is 19.8 Å². The van der Waals surface area contributed by atoms with Crippen molar-refractivity contribution in [2.45, 2.75) is 222 Å². The Morgan fingerprint density at radius 1 is 0.562 bits per heavy atom. The van der Waals surface area contributed by atoms with Crippen molar-refractivity contribution in [3.05, 3.63) is 0 Å². The van der Waals surface area contributed by atoms with Crippen LogP contribution in [-0.2, 0) is 33.2 Å². The van der Waals surface area contributed by atoms with Gasteiger partial charge in [0.1, 0.15) is 67.1 Å². The van der Waals surface area contributed by atoms with Crippen LogP contribution in [0, 0.1) is 45.3 Å². The average Bonchev–Trinajstić information content (AvgIpc) is 3.61. The highest BCUT2D eigenvalue weighted by Gasteiger charge is 2.72. The molecule has 4 saturated heterocycles. The van der Waals surface area contributed by atoms with Crippen molar-refractivity contribution in [2.24, 2.45) is 45.3 Å². The summed E-state index contributed by atoms with van der Waals surface area (Å²) >= 11 is 0. The van der Waals surface area contributed by atoms with Crippen LogP contribution in [-0.4, -0.2) is 192 Å². The molecule has 0 radical (unpaired) electrons. The maximum Gasteiger partial charge on any atom is 0.187 e. The Bertz CT molecular complexity index is 1650. The first-order chi connectivity index (χ1) is 29.7. The van der Waals surface area contributed by atoms with Crippen molar-refractivity contribution in [1.82, 2.24) is 0 Å². The lowest BCUT2D eigenvalue weighted by Crippen LogP contribution is -2.68. The van der Waals surface area contributed by atoms with Gasteiger partial charge in [0.2, 0.25) is 0 Å². The predicted molar refractivity (Wildman–Crippen MR) is 222 cm³/mol. The van der Waals surface area contributed by atoms with E-state index in [4.69, 9.17) is 33.2 Å². The summed E-state index contributed by atoms with van der Waals surface area (Å²) < 4.78 is 42.7. The highest BCUT2D eigenvalue weighted by Crippen LogP contribution is 2.76. The van der Waals surface area contributed by atoms with E-state index in [1.807, 2.05) is 13.8 Å². The Labute approximate surface area is 376 Å². The van der Waals surface area contributed by atoms with Crippen LogP contribution in [0.15, 0.2) is 0 Å². The molecule has 8 fully saturated rings. The van der Waals surface area contributed by atoms with E-state index in [0.717, 1.165) is 32.1 Å². The van der Waals surface area contributed by atoms with Crippen molar-refractivity contribution >= 4 is 0 Å². The molecular weight excluding hydrogens is 840 g/mol. The van der Waals surface area contributed by atoms with E-state index in [1.54, 1.807) is 0 Å². The highest BCUT2D eigenvalue weighted by molar-refractivity contribution is 5.21. The molecule has 0 spiro atoms. The van der Waals surface area contributed by atoms with Gasteiger partial charge in [0.25, 0.3) is 0 Å². The van der Waals surface area contributed by atoms with Crippen molar-refractivity contribution in [3.63, 3.8) is 0 Å². The van der Waals surface area contributed by atoms with Crippen molar-refractivity contribution < 1.29 is 89.3 Å². The van der Waals surface area contributed by atoms with Gasteiger partial charge >= 0.3 is 0 Å². The number of hydrogen-bond donors (Lipinski definition) is 11. The van der Waals surface area contributed by atoms with E-state index >= 15 is 0 Å². The molecule has 8 rings (SSSR count). The number of ether oxygens (including phenoxy) is 7. The molecule has 18 heteroatoms. The average molecular weight is 919 g/mol. The minimum Gasteiger partial charge on any atom is -0.393 e. The third-order valence-electron chi connectivity index (χ3n) is 18.9. The molecule has 370 valence electrons. The molecule has 0 aromatic carbocycles. The Morgan fingerprint density at radius 3 is 1.81 bits per heavy atom. The number of rotatable bonds is 8. The molecule has 0 bridgehead atoms. The quantitative estimate of drug-likeness (QED) is 0.136. The fraction of sp³-hybridized carbons (Fsp3) is 1.00. The number of fused-ring (bicyclic) bond motifs is 5. The molecule has 25 atom stereocenters. The summed E-state index contributed by atoms with van der Waals surface area (Å²) in [5, 5.41) is 119. The van der Waals surface area contributed by atoms with Crippen LogP contribution in [0.5, 0.6) is 0 Å². The van der Waals surface area contributed by atoms with Crippen LogP contribution in [0.1, 0.15) is 107 Å². The maximum absolute atomic E-state index is 12.4. The maximum atomic E-state index is 12.4. The Kier molecular flexibility index (Phi) is 13.4. The number of hydrogen-bond acceptors (Lipinski definition) is 18. The lowest BCUT2D eigenvalue weighted by atomic mass is 9.35. The molecule has 4 aliphatic carbocycles. The standard InChI is InChI=1S/C46H78O18/c1-41(2)26-10-14-44(6)27(15-21(47)29-20(9-13-45(29,44)7)46(8)16-22(48)37(57)42(3,4)64-46)43(26,5)12-11-28(41)62-40-36(63-39-35(56)31(52)24(50)18-59-39)33(54)32(53)25(61-40)19-60-38-34(55)30(51)23(49)17-58-38/h20-40,47-57H,9-19H2,1-8H3/t20-,21+,22-,23+,24+,25+,26-,27+,28-,29-,30-,31-,32+,33-,34+,35+,36+,37+,38-,39-,40-,43-,44+,45+,46-/m0/s1. The molecule has 0 unspecified atom stereocenters. The second-order valence-corrected chi connectivity index (χ2v) is 23.1. The monoisotopic (exact) mass is 919 g/mol. The van der Waals surface area contributed by atoms with Crippen LogP contribution in [0.4, 0.5) is 0 Å². The van der Waals surface area contributed by atoms with E-state index in [2.05, 4.69) is 41.5 Å². The van der Waals surface area contributed by atoms with Gasteiger partial charge in [-0.2, -0.15) is 0 Å². The van der Waals surface area contributed by atoms with E-state index < -0.39 is 128 Å². The van der Waals surface area contributed by atoms with Gasteiger partial charge < -0.3 is 89.3 Å². The summed E-state index contributed by atoms with van der Waals surface area (Å²) in [7, 11) is 0. The fourth-order valence-corrected chi connectivity index (χ4v) is 15.2. The van der Waals surface area contributed by atoms with E-state index in [9.17, 15) is 56.2 Å². The molecule has 0 aromatic rings. The largest absolute Gasteiger partial charge is 0.393 e. The predicted octanol–water partition coefficient (Wildman–Crippen LogP) is -0.567.